The number of unbranched alkanes of at least 4 members (excludes halogenated alkanes) is 1. The highest BCUT2D eigenvalue weighted by Crippen LogP contribution is 2.23. The van der Waals surface area contributed by atoms with Crippen molar-refractivity contribution >= 4 is 12.0 Å². The fourth-order valence-corrected chi connectivity index (χ4v) is 2.33. The normalized spacial score (nSPS) is 17.4. The van der Waals surface area contributed by atoms with Gasteiger partial charge in [0.05, 0.1) is 0 Å². The third-order valence-corrected chi connectivity index (χ3v) is 3.48. The van der Waals surface area contributed by atoms with Gasteiger partial charge < -0.3 is 15.7 Å². The van der Waals surface area contributed by atoms with Crippen molar-refractivity contribution in [1.82, 2.24) is 10.6 Å². The molecule has 0 heterocycles. The zero-order valence-corrected chi connectivity index (χ0v) is 11.1. The van der Waals surface area contributed by atoms with Gasteiger partial charge in [0.25, 0.3) is 0 Å². The average molecular weight is 256 g/mol. The lowest BCUT2D eigenvalue weighted by Crippen LogP contribution is -2.46. The van der Waals surface area contributed by atoms with Crippen LogP contribution in [0, 0.1) is 5.92 Å². The maximum absolute atomic E-state index is 11.6. The first-order chi connectivity index (χ1) is 8.63. The molecule has 1 rings (SSSR count). The van der Waals surface area contributed by atoms with E-state index in [9.17, 15) is 9.59 Å². The SMILES string of the molecule is CCCC[C@H](NC(=O)NCC1CCCC1)C(=O)O. The fourth-order valence-electron chi connectivity index (χ4n) is 2.33. The molecule has 0 aromatic heterocycles. The first kappa shape index (κ1) is 14.8. The van der Waals surface area contributed by atoms with E-state index in [4.69, 9.17) is 5.11 Å². The number of hydrogen-bond acceptors (Lipinski definition) is 2. The van der Waals surface area contributed by atoms with E-state index >= 15 is 0 Å². The van der Waals surface area contributed by atoms with Gasteiger partial charge in [0.1, 0.15) is 6.04 Å². The molecule has 0 saturated heterocycles. The lowest BCUT2D eigenvalue weighted by molar-refractivity contribution is -0.139. The molecule has 1 fully saturated rings. The lowest BCUT2D eigenvalue weighted by Gasteiger charge is -2.16. The number of rotatable bonds is 7. The zero-order valence-electron chi connectivity index (χ0n) is 11.1. The van der Waals surface area contributed by atoms with Gasteiger partial charge in [-0.25, -0.2) is 9.59 Å². The van der Waals surface area contributed by atoms with E-state index in [1.807, 2.05) is 6.92 Å². The van der Waals surface area contributed by atoms with E-state index in [0.29, 0.717) is 18.9 Å². The van der Waals surface area contributed by atoms with Gasteiger partial charge in [0.15, 0.2) is 0 Å². The van der Waals surface area contributed by atoms with Crippen LogP contribution in [0.5, 0.6) is 0 Å². The number of carbonyl (C=O) groups is 2. The number of aliphatic carboxylic acids is 1. The monoisotopic (exact) mass is 256 g/mol. The Morgan fingerprint density at radius 3 is 2.56 bits per heavy atom. The number of hydrogen-bond donors (Lipinski definition) is 3. The van der Waals surface area contributed by atoms with Gasteiger partial charge in [-0.05, 0) is 25.2 Å². The predicted molar refractivity (Wildman–Crippen MR) is 69.4 cm³/mol. The summed E-state index contributed by atoms with van der Waals surface area (Å²) in [5, 5.41) is 14.3. The van der Waals surface area contributed by atoms with Crippen molar-refractivity contribution < 1.29 is 14.7 Å². The van der Waals surface area contributed by atoms with Gasteiger partial charge >= 0.3 is 12.0 Å². The number of carbonyl (C=O) groups excluding carboxylic acids is 1. The van der Waals surface area contributed by atoms with E-state index in [-0.39, 0.29) is 6.03 Å². The fraction of sp³-hybridized carbons (Fsp3) is 0.846. The highest BCUT2D eigenvalue weighted by atomic mass is 16.4. The molecule has 0 aromatic carbocycles. The van der Waals surface area contributed by atoms with E-state index in [1.165, 1.54) is 25.7 Å². The molecular formula is C13H24N2O3. The summed E-state index contributed by atoms with van der Waals surface area (Å²) in [7, 11) is 0. The molecule has 1 saturated carbocycles. The number of nitrogens with one attached hydrogen (secondary N) is 2. The second kappa shape index (κ2) is 7.95. The van der Waals surface area contributed by atoms with Crippen molar-refractivity contribution in [3.05, 3.63) is 0 Å². The molecule has 18 heavy (non-hydrogen) atoms. The Bertz CT molecular complexity index is 275. The van der Waals surface area contributed by atoms with Crippen LogP contribution in [0.4, 0.5) is 4.79 Å². The third-order valence-electron chi connectivity index (χ3n) is 3.48. The topological polar surface area (TPSA) is 78.4 Å². The van der Waals surface area contributed by atoms with Crippen molar-refractivity contribution in [2.45, 2.75) is 57.9 Å². The second-order valence-electron chi connectivity index (χ2n) is 5.04. The smallest absolute Gasteiger partial charge is 0.326 e. The van der Waals surface area contributed by atoms with Crippen LogP contribution in [0.3, 0.4) is 0 Å². The number of carboxylic acid groups (broad SMARTS) is 1. The number of urea groups is 1. The van der Waals surface area contributed by atoms with Crippen LogP contribution < -0.4 is 10.6 Å². The minimum atomic E-state index is -0.959. The molecule has 3 N–H and O–H groups in total. The summed E-state index contributed by atoms with van der Waals surface area (Å²) >= 11 is 0. The van der Waals surface area contributed by atoms with Crippen molar-refractivity contribution in [3.8, 4) is 0 Å². The standard InChI is InChI=1S/C13H24N2O3/c1-2-3-8-11(12(16)17)15-13(18)14-9-10-6-4-5-7-10/h10-11H,2-9H2,1H3,(H,16,17)(H2,14,15,18)/t11-/m0/s1. The molecule has 5 heteroatoms. The summed E-state index contributed by atoms with van der Waals surface area (Å²) < 4.78 is 0. The molecule has 0 radical (unpaired) electrons. The molecule has 5 nitrogen and oxygen atoms in total. The summed E-state index contributed by atoms with van der Waals surface area (Å²) in [4.78, 5) is 22.6. The first-order valence-corrected chi connectivity index (χ1v) is 6.90. The Kier molecular flexibility index (Phi) is 6.54. The molecule has 0 aliphatic heterocycles. The van der Waals surface area contributed by atoms with Crippen LogP contribution >= 0.6 is 0 Å². The van der Waals surface area contributed by atoms with Crippen LogP contribution in [-0.4, -0.2) is 29.7 Å². The summed E-state index contributed by atoms with van der Waals surface area (Å²) in [6, 6.07) is -1.13. The van der Waals surface area contributed by atoms with Crippen molar-refractivity contribution in [2.75, 3.05) is 6.54 Å². The van der Waals surface area contributed by atoms with Crippen molar-refractivity contribution in [2.24, 2.45) is 5.92 Å². The summed E-state index contributed by atoms with van der Waals surface area (Å²) in [6.45, 7) is 2.66. The molecule has 2 amide bonds. The zero-order chi connectivity index (χ0) is 13.4. The minimum Gasteiger partial charge on any atom is -0.480 e. The molecule has 0 bridgehead atoms. The Labute approximate surface area is 108 Å². The number of amides is 2. The molecule has 0 unspecified atom stereocenters. The van der Waals surface area contributed by atoms with E-state index in [0.717, 1.165) is 12.8 Å². The quantitative estimate of drug-likeness (QED) is 0.653. The van der Waals surface area contributed by atoms with Gasteiger partial charge in [0, 0.05) is 6.54 Å². The highest BCUT2D eigenvalue weighted by Gasteiger charge is 2.20. The maximum atomic E-state index is 11.6. The third kappa shape index (κ3) is 5.38. The minimum absolute atomic E-state index is 0.356. The molecule has 1 atom stereocenters. The van der Waals surface area contributed by atoms with Gasteiger partial charge in [-0.3, -0.25) is 0 Å². The van der Waals surface area contributed by atoms with E-state index < -0.39 is 12.0 Å². The Balaban J connectivity index is 2.24. The van der Waals surface area contributed by atoms with E-state index in [1.54, 1.807) is 0 Å². The molecule has 0 aromatic rings. The Morgan fingerprint density at radius 1 is 1.33 bits per heavy atom. The van der Waals surface area contributed by atoms with Gasteiger partial charge in [-0.15, -0.1) is 0 Å². The van der Waals surface area contributed by atoms with Crippen molar-refractivity contribution in [3.63, 3.8) is 0 Å². The summed E-state index contributed by atoms with van der Waals surface area (Å²) in [6.07, 6.45) is 7.03. The second-order valence-corrected chi connectivity index (χ2v) is 5.04. The van der Waals surface area contributed by atoms with Crippen LogP contribution in [0.2, 0.25) is 0 Å². The van der Waals surface area contributed by atoms with E-state index in [2.05, 4.69) is 10.6 Å². The van der Waals surface area contributed by atoms with Gasteiger partial charge in [-0.2, -0.15) is 0 Å². The molecule has 1 aliphatic rings. The largest absolute Gasteiger partial charge is 0.480 e. The Morgan fingerprint density at radius 2 is 2.00 bits per heavy atom. The summed E-state index contributed by atoms with van der Waals surface area (Å²) in [5.74, 6) is -0.394. The molecule has 104 valence electrons. The van der Waals surface area contributed by atoms with Crippen LogP contribution in [-0.2, 0) is 4.79 Å². The van der Waals surface area contributed by atoms with Crippen LogP contribution in [0.15, 0.2) is 0 Å². The molecule has 0 spiro atoms. The van der Waals surface area contributed by atoms with Crippen LogP contribution in [0.25, 0.3) is 0 Å². The molecular weight excluding hydrogens is 232 g/mol. The van der Waals surface area contributed by atoms with Crippen LogP contribution in [0.1, 0.15) is 51.9 Å². The predicted octanol–water partition coefficient (Wildman–Crippen LogP) is 2.12. The summed E-state index contributed by atoms with van der Waals surface area (Å²) in [5.41, 5.74) is 0. The van der Waals surface area contributed by atoms with Gasteiger partial charge in [0.2, 0.25) is 0 Å². The lowest BCUT2D eigenvalue weighted by atomic mass is 10.1. The van der Waals surface area contributed by atoms with Gasteiger partial charge in [-0.1, -0.05) is 32.6 Å². The maximum Gasteiger partial charge on any atom is 0.326 e. The highest BCUT2D eigenvalue weighted by molar-refractivity contribution is 5.82. The molecule has 1 aliphatic carbocycles. The number of carboxylic acids is 1. The average Bonchev–Trinajstić information content (AvgIpc) is 2.84. The van der Waals surface area contributed by atoms with Crippen molar-refractivity contribution in [1.29, 1.82) is 0 Å². The Hall–Kier alpha value is -1.26. The first-order valence-electron chi connectivity index (χ1n) is 6.90.